The zero-order chi connectivity index (χ0) is 19.5. The number of piperidine rings is 1. The number of hydrogen-bond acceptors (Lipinski definition) is 4. The Balaban J connectivity index is 1.26. The van der Waals surface area contributed by atoms with Gasteiger partial charge in [0, 0.05) is 50.4 Å². The number of nitrogens with zero attached hydrogens (tertiary/aromatic N) is 2. The monoisotopic (exact) mass is 386 g/mol. The first-order valence-corrected chi connectivity index (χ1v) is 10.4. The van der Waals surface area contributed by atoms with Crippen LogP contribution in [0.3, 0.4) is 0 Å². The third kappa shape index (κ3) is 4.10. The topological polar surface area (TPSA) is 34.6 Å². The normalized spacial score (nSPS) is 18.9. The van der Waals surface area contributed by atoms with Crippen molar-refractivity contribution < 1.29 is 9.47 Å². The number of likely N-dealkylation sites (tertiary alicyclic amines) is 1. The summed E-state index contributed by atoms with van der Waals surface area (Å²) in [6, 6.07) is 21.5. The molecule has 0 unspecified atom stereocenters. The van der Waals surface area contributed by atoms with Crippen molar-refractivity contribution >= 4 is 0 Å². The molecule has 0 radical (unpaired) electrons. The van der Waals surface area contributed by atoms with Gasteiger partial charge in [0.1, 0.15) is 0 Å². The van der Waals surface area contributed by atoms with E-state index in [0.29, 0.717) is 0 Å². The van der Waals surface area contributed by atoms with Crippen LogP contribution in [-0.4, -0.2) is 42.0 Å². The van der Waals surface area contributed by atoms with Crippen LogP contribution in [0.15, 0.2) is 73.1 Å². The zero-order valence-corrected chi connectivity index (χ0v) is 16.6. The second-order valence-electron chi connectivity index (χ2n) is 7.91. The van der Waals surface area contributed by atoms with Gasteiger partial charge < -0.3 is 9.47 Å². The molecule has 0 bridgehead atoms. The SMILES string of the molecule is c1ccc(-c2ccc(-c3cncc(CN4CCC5(CC4)OCCO5)c3)cc2)cc1. The van der Waals surface area contributed by atoms with Gasteiger partial charge in [-0.3, -0.25) is 9.88 Å². The summed E-state index contributed by atoms with van der Waals surface area (Å²) in [5, 5.41) is 0. The lowest BCUT2D eigenvalue weighted by Crippen LogP contribution is -2.44. The third-order valence-electron chi connectivity index (χ3n) is 5.96. The van der Waals surface area contributed by atoms with E-state index >= 15 is 0 Å². The molecule has 3 aromatic rings. The summed E-state index contributed by atoms with van der Waals surface area (Å²) in [4.78, 5) is 6.97. The van der Waals surface area contributed by atoms with Gasteiger partial charge in [0.15, 0.2) is 5.79 Å². The molecule has 2 saturated heterocycles. The van der Waals surface area contributed by atoms with Gasteiger partial charge in [-0.1, -0.05) is 54.6 Å². The molecule has 4 nitrogen and oxygen atoms in total. The average Bonchev–Trinajstić information content (AvgIpc) is 3.25. The van der Waals surface area contributed by atoms with Crippen molar-refractivity contribution in [2.24, 2.45) is 0 Å². The van der Waals surface area contributed by atoms with Gasteiger partial charge in [-0.2, -0.15) is 0 Å². The Morgan fingerprint density at radius 2 is 1.38 bits per heavy atom. The molecule has 0 N–H and O–H groups in total. The maximum Gasteiger partial charge on any atom is 0.170 e. The summed E-state index contributed by atoms with van der Waals surface area (Å²) in [5.41, 5.74) is 6.09. The van der Waals surface area contributed by atoms with Crippen molar-refractivity contribution in [2.45, 2.75) is 25.2 Å². The Morgan fingerprint density at radius 3 is 2.07 bits per heavy atom. The fourth-order valence-electron chi connectivity index (χ4n) is 4.31. The van der Waals surface area contributed by atoms with Gasteiger partial charge in [0.05, 0.1) is 13.2 Å². The lowest BCUT2D eigenvalue weighted by Gasteiger charge is -2.37. The van der Waals surface area contributed by atoms with E-state index in [1.165, 1.54) is 22.3 Å². The van der Waals surface area contributed by atoms with Crippen molar-refractivity contribution in [3.63, 3.8) is 0 Å². The van der Waals surface area contributed by atoms with E-state index < -0.39 is 0 Å². The van der Waals surface area contributed by atoms with Gasteiger partial charge >= 0.3 is 0 Å². The highest BCUT2D eigenvalue weighted by atomic mass is 16.7. The molecule has 2 aliphatic rings. The second kappa shape index (κ2) is 8.07. The lowest BCUT2D eigenvalue weighted by atomic mass is 10.00. The molecule has 2 fully saturated rings. The molecule has 3 heterocycles. The van der Waals surface area contributed by atoms with Crippen molar-refractivity contribution in [2.75, 3.05) is 26.3 Å². The summed E-state index contributed by atoms with van der Waals surface area (Å²) in [5.74, 6) is -0.308. The highest BCUT2D eigenvalue weighted by Crippen LogP contribution is 2.32. The fraction of sp³-hybridized carbons (Fsp3) is 0.320. The van der Waals surface area contributed by atoms with Crippen LogP contribution in [0.4, 0.5) is 0 Å². The van der Waals surface area contributed by atoms with Crippen LogP contribution in [0.2, 0.25) is 0 Å². The van der Waals surface area contributed by atoms with E-state index in [1.54, 1.807) is 0 Å². The van der Waals surface area contributed by atoms with Crippen LogP contribution >= 0.6 is 0 Å². The van der Waals surface area contributed by atoms with E-state index in [1.807, 2.05) is 18.5 Å². The summed E-state index contributed by atoms with van der Waals surface area (Å²) >= 11 is 0. The summed E-state index contributed by atoms with van der Waals surface area (Å²) in [6.07, 6.45) is 5.82. The molecule has 0 atom stereocenters. The van der Waals surface area contributed by atoms with Crippen LogP contribution in [0.25, 0.3) is 22.3 Å². The molecule has 0 amide bonds. The highest BCUT2D eigenvalue weighted by molar-refractivity contribution is 5.70. The Kier molecular flexibility index (Phi) is 5.15. The Hall–Kier alpha value is -2.53. The Bertz CT molecular complexity index is 940. The lowest BCUT2D eigenvalue weighted by molar-refractivity contribution is -0.185. The molecule has 0 saturated carbocycles. The smallest absolute Gasteiger partial charge is 0.170 e. The summed E-state index contributed by atoms with van der Waals surface area (Å²) < 4.78 is 11.7. The third-order valence-corrected chi connectivity index (χ3v) is 5.96. The fourth-order valence-corrected chi connectivity index (χ4v) is 4.31. The maximum absolute atomic E-state index is 5.84. The quantitative estimate of drug-likeness (QED) is 0.648. The van der Waals surface area contributed by atoms with Gasteiger partial charge in [0.2, 0.25) is 0 Å². The van der Waals surface area contributed by atoms with Gasteiger partial charge in [0.25, 0.3) is 0 Å². The number of ether oxygens (including phenoxy) is 2. The molecule has 4 heteroatoms. The zero-order valence-electron chi connectivity index (χ0n) is 16.6. The van der Waals surface area contributed by atoms with Gasteiger partial charge in [-0.15, -0.1) is 0 Å². The van der Waals surface area contributed by atoms with E-state index in [2.05, 4.69) is 64.5 Å². The number of rotatable bonds is 4. The predicted molar refractivity (Wildman–Crippen MR) is 114 cm³/mol. The summed E-state index contributed by atoms with van der Waals surface area (Å²) in [6.45, 7) is 4.37. The Morgan fingerprint density at radius 1 is 0.759 bits per heavy atom. The van der Waals surface area contributed by atoms with E-state index in [9.17, 15) is 0 Å². The largest absolute Gasteiger partial charge is 0.347 e. The van der Waals surface area contributed by atoms with Gasteiger partial charge in [-0.25, -0.2) is 0 Å². The molecule has 2 aromatic carbocycles. The van der Waals surface area contributed by atoms with Crippen molar-refractivity contribution in [1.82, 2.24) is 9.88 Å². The van der Waals surface area contributed by atoms with Crippen LogP contribution < -0.4 is 0 Å². The van der Waals surface area contributed by atoms with Crippen molar-refractivity contribution in [3.8, 4) is 22.3 Å². The number of pyridine rings is 1. The molecule has 1 aromatic heterocycles. The molecule has 1 spiro atoms. The molecule has 2 aliphatic heterocycles. The minimum atomic E-state index is -0.308. The first-order valence-electron chi connectivity index (χ1n) is 10.4. The van der Waals surface area contributed by atoms with Crippen molar-refractivity contribution in [3.05, 3.63) is 78.6 Å². The molecular weight excluding hydrogens is 360 g/mol. The summed E-state index contributed by atoms with van der Waals surface area (Å²) in [7, 11) is 0. The van der Waals surface area contributed by atoms with E-state index in [-0.39, 0.29) is 5.79 Å². The second-order valence-corrected chi connectivity index (χ2v) is 7.91. The number of benzene rings is 2. The number of hydrogen-bond donors (Lipinski definition) is 0. The Labute approximate surface area is 172 Å². The molecule has 148 valence electrons. The van der Waals surface area contributed by atoms with Crippen LogP contribution in [-0.2, 0) is 16.0 Å². The average molecular weight is 386 g/mol. The predicted octanol–water partition coefficient (Wildman–Crippen LogP) is 4.75. The standard InChI is InChI=1S/C25H26N2O2/c1-2-4-21(5-3-1)22-6-8-23(9-7-22)24-16-20(17-26-18-24)19-27-12-10-25(11-13-27)28-14-15-29-25/h1-9,16-18H,10-15,19H2. The van der Waals surface area contributed by atoms with Crippen LogP contribution in [0, 0.1) is 0 Å². The number of aromatic nitrogens is 1. The van der Waals surface area contributed by atoms with Gasteiger partial charge in [-0.05, 0) is 28.3 Å². The molecular formula is C25H26N2O2. The minimum absolute atomic E-state index is 0.308. The first kappa shape index (κ1) is 18.5. The highest BCUT2D eigenvalue weighted by Gasteiger charge is 2.39. The van der Waals surface area contributed by atoms with Crippen molar-refractivity contribution in [1.29, 1.82) is 0 Å². The van der Waals surface area contributed by atoms with E-state index in [0.717, 1.165) is 51.3 Å². The molecule has 5 rings (SSSR count). The minimum Gasteiger partial charge on any atom is -0.347 e. The molecule has 0 aliphatic carbocycles. The maximum atomic E-state index is 5.84. The first-order chi connectivity index (χ1) is 14.3. The van der Waals surface area contributed by atoms with E-state index in [4.69, 9.17) is 9.47 Å². The molecule has 29 heavy (non-hydrogen) atoms. The van der Waals surface area contributed by atoms with Crippen LogP contribution in [0.1, 0.15) is 18.4 Å². The van der Waals surface area contributed by atoms with Crippen LogP contribution in [0.5, 0.6) is 0 Å².